The summed E-state index contributed by atoms with van der Waals surface area (Å²) in [5.41, 5.74) is 3.38. The lowest BCUT2D eigenvalue weighted by molar-refractivity contribution is -0.121. The van der Waals surface area contributed by atoms with Crippen LogP contribution in [0.25, 0.3) is 0 Å². The summed E-state index contributed by atoms with van der Waals surface area (Å²) in [6.07, 6.45) is 2.58. The molecule has 148 valence electrons. The van der Waals surface area contributed by atoms with Gasteiger partial charge in [0, 0.05) is 19.0 Å². The third-order valence-corrected chi connectivity index (χ3v) is 4.96. The maximum absolute atomic E-state index is 12.2. The van der Waals surface area contributed by atoms with E-state index in [0.717, 1.165) is 36.0 Å². The van der Waals surface area contributed by atoms with Crippen molar-refractivity contribution in [2.24, 2.45) is 0 Å². The number of carbonyl (C=O) groups is 2. The van der Waals surface area contributed by atoms with Crippen molar-refractivity contribution in [3.05, 3.63) is 59.2 Å². The summed E-state index contributed by atoms with van der Waals surface area (Å²) in [7, 11) is 0. The lowest BCUT2D eigenvalue weighted by Gasteiger charge is -2.16. The fourth-order valence-corrected chi connectivity index (χ4v) is 3.63. The van der Waals surface area contributed by atoms with Gasteiger partial charge in [0.25, 0.3) is 0 Å². The maximum atomic E-state index is 12.2. The smallest absolute Gasteiger partial charge is 0.250 e. The number of hydrogen-bond acceptors (Lipinski definition) is 4. The molecule has 0 radical (unpaired) electrons. The summed E-state index contributed by atoms with van der Waals surface area (Å²) in [5.74, 6) is -0.0646. The quantitative estimate of drug-likeness (QED) is 0.612. The van der Waals surface area contributed by atoms with Gasteiger partial charge in [-0.05, 0) is 42.4 Å². The predicted octanol–water partition coefficient (Wildman–Crippen LogP) is 3.10. The Bertz CT molecular complexity index is 836. The van der Waals surface area contributed by atoms with E-state index in [2.05, 4.69) is 10.6 Å². The molecule has 0 saturated carbocycles. The molecule has 6 nitrogen and oxygen atoms in total. The highest BCUT2D eigenvalue weighted by Crippen LogP contribution is 2.44. The molecular weight excluding hydrogens is 356 g/mol. The highest BCUT2D eigenvalue weighted by Gasteiger charge is 2.27. The van der Waals surface area contributed by atoms with Gasteiger partial charge in [0.1, 0.15) is 12.4 Å². The predicted molar refractivity (Wildman–Crippen MR) is 107 cm³/mol. The molecule has 3 N–H and O–H groups in total. The molecule has 3 rings (SSSR count). The number of aromatic hydroxyl groups is 1. The summed E-state index contributed by atoms with van der Waals surface area (Å²) in [5, 5.41) is 16.2. The third kappa shape index (κ3) is 5.10. The van der Waals surface area contributed by atoms with Crippen molar-refractivity contribution in [2.75, 3.05) is 18.5 Å². The normalized spacial score (nSPS) is 15.1. The lowest BCUT2D eigenvalue weighted by Crippen LogP contribution is -2.22. The second kappa shape index (κ2) is 9.37. The molecule has 0 heterocycles. The first kappa shape index (κ1) is 19.9. The molecule has 0 aromatic heterocycles. The molecule has 0 spiro atoms. The minimum Gasteiger partial charge on any atom is -0.505 e. The Morgan fingerprint density at radius 3 is 2.71 bits per heavy atom. The first-order valence-corrected chi connectivity index (χ1v) is 9.55. The molecule has 1 atom stereocenters. The third-order valence-electron chi connectivity index (χ3n) is 4.96. The molecule has 2 amide bonds. The molecule has 0 saturated heterocycles. The zero-order chi connectivity index (χ0) is 19.9. The van der Waals surface area contributed by atoms with Crippen LogP contribution in [0.5, 0.6) is 5.75 Å². The van der Waals surface area contributed by atoms with Crippen LogP contribution in [0, 0.1) is 0 Å². The first-order valence-electron chi connectivity index (χ1n) is 9.55. The number of phenols is 1. The summed E-state index contributed by atoms with van der Waals surface area (Å²) in [6, 6.07) is 13.3. The van der Waals surface area contributed by atoms with Crippen molar-refractivity contribution in [3.8, 4) is 5.75 Å². The molecule has 1 aliphatic rings. The van der Waals surface area contributed by atoms with Crippen LogP contribution in [-0.4, -0.2) is 30.1 Å². The van der Waals surface area contributed by atoms with E-state index in [1.165, 1.54) is 6.92 Å². The topological polar surface area (TPSA) is 87.7 Å². The number of carbonyl (C=O) groups excluding carboxylic acids is 2. The number of benzene rings is 2. The molecule has 2 aromatic rings. The molecule has 0 aliphatic heterocycles. The van der Waals surface area contributed by atoms with Gasteiger partial charge in [-0.2, -0.15) is 0 Å². The highest BCUT2D eigenvalue weighted by atomic mass is 16.5. The fourth-order valence-electron chi connectivity index (χ4n) is 3.63. The maximum Gasteiger partial charge on any atom is 0.250 e. The summed E-state index contributed by atoms with van der Waals surface area (Å²) < 4.78 is 5.45. The van der Waals surface area contributed by atoms with E-state index >= 15 is 0 Å². The molecule has 1 aliphatic carbocycles. The van der Waals surface area contributed by atoms with E-state index in [9.17, 15) is 14.7 Å². The Labute approximate surface area is 164 Å². The van der Waals surface area contributed by atoms with Gasteiger partial charge in [0.15, 0.2) is 0 Å². The number of phenolic OH excluding ortho intramolecular Hbond substituents is 1. The number of fused-ring (bicyclic) bond motifs is 1. The van der Waals surface area contributed by atoms with Crippen LogP contribution >= 0.6 is 0 Å². The molecule has 1 unspecified atom stereocenters. The van der Waals surface area contributed by atoms with Crippen molar-refractivity contribution in [1.82, 2.24) is 5.32 Å². The van der Waals surface area contributed by atoms with Crippen LogP contribution in [0.15, 0.2) is 42.5 Å². The van der Waals surface area contributed by atoms with Gasteiger partial charge in [0.05, 0.1) is 12.3 Å². The van der Waals surface area contributed by atoms with Crippen molar-refractivity contribution in [3.63, 3.8) is 0 Å². The van der Waals surface area contributed by atoms with Crippen molar-refractivity contribution in [2.45, 2.75) is 38.7 Å². The standard InChI is InChI=1S/C22H26N2O4/c1-15(25)23-12-11-18-8-7-17-9-10-19(22(27)21(17)18)24-20(26)14-28-13-16-5-3-2-4-6-16/h2-6,9-10,18,27H,7-8,11-14H2,1H3,(H,23,25)(H,24,26). The summed E-state index contributed by atoms with van der Waals surface area (Å²) in [4.78, 5) is 23.3. The van der Waals surface area contributed by atoms with Crippen LogP contribution < -0.4 is 10.6 Å². The lowest BCUT2D eigenvalue weighted by atomic mass is 9.96. The van der Waals surface area contributed by atoms with E-state index in [1.807, 2.05) is 36.4 Å². The Balaban J connectivity index is 1.57. The van der Waals surface area contributed by atoms with E-state index < -0.39 is 0 Å². The number of nitrogens with one attached hydrogen (secondary N) is 2. The van der Waals surface area contributed by atoms with Crippen LogP contribution in [-0.2, 0) is 27.4 Å². The van der Waals surface area contributed by atoms with Gasteiger partial charge in [-0.25, -0.2) is 0 Å². The van der Waals surface area contributed by atoms with Gasteiger partial charge in [-0.15, -0.1) is 0 Å². The minimum absolute atomic E-state index is 0.0565. The summed E-state index contributed by atoms with van der Waals surface area (Å²) >= 11 is 0. The fraction of sp³-hybridized carbons (Fsp3) is 0.364. The van der Waals surface area contributed by atoms with Gasteiger partial charge < -0.3 is 20.5 Å². The zero-order valence-corrected chi connectivity index (χ0v) is 16.0. The van der Waals surface area contributed by atoms with E-state index in [4.69, 9.17) is 4.74 Å². The van der Waals surface area contributed by atoms with Crippen molar-refractivity contribution < 1.29 is 19.4 Å². The second-order valence-electron chi connectivity index (χ2n) is 7.07. The number of anilines is 1. The number of hydrogen-bond donors (Lipinski definition) is 3. The molecule has 28 heavy (non-hydrogen) atoms. The van der Waals surface area contributed by atoms with E-state index in [1.54, 1.807) is 6.07 Å². The van der Waals surface area contributed by atoms with Gasteiger partial charge in [0.2, 0.25) is 11.8 Å². The molecule has 2 aromatic carbocycles. The van der Waals surface area contributed by atoms with Gasteiger partial charge in [-0.1, -0.05) is 36.4 Å². The molecule has 0 fully saturated rings. The SMILES string of the molecule is CC(=O)NCCC1CCc2ccc(NC(=O)COCc3ccccc3)c(O)c21. The minimum atomic E-state index is -0.307. The van der Waals surface area contributed by atoms with Crippen molar-refractivity contribution >= 4 is 17.5 Å². The average Bonchev–Trinajstić information content (AvgIpc) is 3.08. The van der Waals surface area contributed by atoms with Crippen molar-refractivity contribution in [1.29, 1.82) is 0 Å². The Kier molecular flexibility index (Phi) is 6.66. The van der Waals surface area contributed by atoms with Crippen LogP contribution in [0.2, 0.25) is 0 Å². The molecular formula is C22H26N2O4. The number of rotatable bonds is 8. The van der Waals surface area contributed by atoms with E-state index in [0.29, 0.717) is 18.8 Å². The van der Waals surface area contributed by atoms with Crippen LogP contribution in [0.4, 0.5) is 5.69 Å². The average molecular weight is 382 g/mol. The van der Waals surface area contributed by atoms with Gasteiger partial charge in [-0.3, -0.25) is 9.59 Å². The largest absolute Gasteiger partial charge is 0.505 e. The Morgan fingerprint density at radius 1 is 1.18 bits per heavy atom. The number of amides is 2. The first-order chi connectivity index (χ1) is 13.5. The molecule has 0 bridgehead atoms. The molecule has 6 heteroatoms. The van der Waals surface area contributed by atoms with Crippen LogP contribution in [0.3, 0.4) is 0 Å². The number of ether oxygens (including phenoxy) is 1. The van der Waals surface area contributed by atoms with Gasteiger partial charge >= 0.3 is 0 Å². The van der Waals surface area contributed by atoms with E-state index in [-0.39, 0.29) is 30.1 Å². The second-order valence-corrected chi connectivity index (χ2v) is 7.07. The highest BCUT2D eigenvalue weighted by molar-refractivity contribution is 5.93. The summed E-state index contributed by atoms with van der Waals surface area (Å²) in [6.45, 7) is 2.34. The van der Waals surface area contributed by atoms with Crippen LogP contribution in [0.1, 0.15) is 42.4 Å². The zero-order valence-electron chi connectivity index (χ0n) is 16.0. The Hall–Kier alpha value is -2.86. The monoisotopic (exact) mass is 382 g/mol. The number of aryl methyl sites for hydroxylation is 1. The Morgan fingerprint density at radius 2 is 1.96 bits per heavy atom.